The molecule has 2 heterocycles. The van der Waals surface area contributed by atoms with E-state index in [0.29, 0.717) is 23.6 Å². The fourth-order valence-electron chi connectivity index (χ4n) is 6.73. The zero-order valence-corrected chi connectivity index (χ0v) is 36.7. The molecule has 5 atom stereocenters. The van der Waals surface area contributed by atoms with E-state index in [4.69, 9.17) is 9.57 Å². The molecular formula is C43H66N6O8S. The standard InChI is InChI=1S/C43H66N6O8S/c1-10-12-15-22-56-49(41(53)37(28(5)11-2)48-38(51)33-16-13-14-21-45-33)35(27(3)4)24-36(57-29(6)50)40-47-34(26-58-40)39(52)46-32(25-43(7,8)42(54)55)23-30-17-19-31(44-9)20-18-30/h17-20,26-28,33,35-37,44-45H,10-16,21-25H2,1-9H3,(H,48,51)(H,54,55)/t28-,33+,35+,36+,37-/m0/s1. The molecule has 0 radical (unpaired) electrons. The van der Waals surface area contributed by atoms with E-state index in [2.05, 4.69) is 32.9 Å². The zero-order chi connectivity index (χ0) is 43.0. The molecule has 1 aliphatic heterocycles. The van der Waals surface area contributed by atoms with Crippen molar-refractivity contribution in [1.29, 1.82) is 0 Å². The van der Waals surface area contributed by atoms with Crippen molar-refractivity contribution in [2.75, 3.05) is 25.5 Å². The average molecular weight is 827 g/mol. The second-order valence-corrected chi connectivity index (χ2v) is 17.2. The summed E-state index contributed by atoms with van der Waals surface area (Å²) in [4.78, 5) is 81.8. The summed E-state index contributed by atoms with van der Waals surface area (Å²) >= 11 is 1.13. The van der Waals surface area contributed by atoms with Crippen LogP contribution in [-0.2, 0) is 35.2 Å². The number of aromatic nitrogens is 1. The van der Waals surface area contributed by atoms with E-state index < -0.39 is 41.4 Å². The molecule has 0 saturated carbocycles. The average Bonchev–Trinajstić information content (AvgIpc) is 3.69. The molecular weight excluding hydrogens is 761 g/mol. The number of carbonyl (C=O) groups is 5. The van der Waals surface area contributed by atoms with Crippen molar-refractivity contribution in [3.63, 3.8) is 0 Å². The summed E-state index contributed by atoms with van der Waals surface area (Å²) in [6, 6.07) is 5.72. The lowest BCUT2D eigenvalue weighted by atomic mass is 9.85. The predicted molar refractivity (Wildman–Crippen MR) is 227 cm³/mol. The number of rotatable bonds is 23. The summed E-state index contributed by atoms with van der Waals surface area (Å²) < 4.78 is 5.85. The number of hydrogen-bond acceptors (Lipinski definition) is 11. The van der Waals surface area contributed by atoms with Gasteiger partial charge in [-0.3, -0.25) is 28.8 Å². The quantitative estimate of drug-likeness (QED) is 0.0386. The maximum atomic E-state index is 14.7. The Bertz CT molecular complexity index is 1690. The van der Waals surface area contributed by atoms with Crippen LogP contribution < -0.4 is 16.0 Å². The van der Waals surface area contributed by atoms with Crippen LogP contribution >= 0.6 is 11.3 Å². The van der Waals surface area contributed by atoms with Crippen LogP contribution in [0.25, 0.3) is 0 Å². The number of nitrogens with one attached hydrogen (secondary N) is 3. The van der Waals surface area contributed by atoms with Gasteiger partial charge >= 0.3 is 11.9 Å². The first-order valence-electron chi connectivity index (χ1n) is 20.7. The number of carbonyl (C=O) groups excluding carboxylic acids is 4. The Hall–Kier alpha value is -4.21. The molecule has 58 heavy (non-hydrogen) atoms. The van der Waals surface area contributed by atoms with E-state index in [1.807, 2.05) is 59.0 Å². The van der Waals surface area contributed by atoms with E-state index in [0.717, 1.165) is 61.2 Å². The van der Waals surface area contributed by atoms with Crippen molar-refractivity contribution in [3.05, 3.63) is 45.9 Å². The third-order valence-electron chi connectivity index (χ3n) is 10.6. The van der Waals surface area contributed by atoms with Gasteiger partial charge in [0.05, 0.1) is 24.1 Å². The van der Waals surface area contributed by atoms with Crippen LogP contribution in [0.2, 0.25) is 0 Å². The van der Waals surface area contributed by atoms with Crippen LogP contribution in [-0.4, -0.2) is 88.9 Å². The number of anilines is 1. The SMILES string of the molecule is CCCCCON(C(=O)[C@@H](NC(=O)[C@H]1CCCCN1)[C@@H](C)CC)[C@H](C[C@@H](OC(C)=O)c1nc(C(=O)N=C(Cc2ccc(NC)cc2)CC(C)(C)C(=O)O)cs1)C(C)C. The van der Waals surface area contributed by atoms with Gasteiger partial charge in [-0.05, 0) is 69.2 Å². The van der Waals surface area contributed by atoms with Gasteiger partial charge in [0.15, 0.2) is 6.10 Å². The normalized spacial score (nSPS) is 16.9. The van der Waals surface area contributed by atoms with Gasteiger partial charge in [-0.15, -0.1) is 11.3 Å². The van der Waals surface area contributed by atoms with Crippen molar-refractivity contribution < 1.29 is 38.7 Å². The van der Waals surface area contributed by atoms with Crippen LogP contribution in [0.1, 0.15) is 140 Å². The molecule has 15 heteroatoms. The van der Waals surface area contributed by atoms with Gasteiger partial charge in [0, 0.05) is 50.0 Å². The Morgan fingerprint density at radius 3 is 2.36 bits per heavy atom. The summed E-state index contributed by atoms with van der Waals surface area (Å²) in [6.07, 6.45) is 5.27. The smallest absolute Gasteiger partial charge is 0.309 e. The summed E-state index contributed by atoms with van der Waals surface area (Å²) in [7, 11) is 1.81. The highest BCUT2D eigenvalue weighted by Crippen LogP contribution is 2.32. The number of carboxylic acids is 1. The van der Waals surface area contributed by atoms with Crippen molar-refractivity contribution >= 4 is 52.4 Å². The highest BCUT2D eigenvalue weighted by molar-refractivity contribution is 7.09. The number of nitrogens with zero attached hydrogens (tertiary/aromatic N) is 3. The molecule has 1 fully saturated rings. The molecule has 0 aliphatic carbocycles. The fourth-order valence-corrected chi connectivity index (χ4v) is 7.56. The first-order valence-corrected chi connectivity index (χ1v) is 21.6. The van der Waals surface area contributed by atoms with Gasteiger partial charge < -0.3 is 25.8 Å². The summed E-state index contributed by atoms with van der Waals surface area (Å²) in [5, 5.41) is 22.5. The number of ether oxygens (including phenoxy) is 1. The molecule has 0 bridgehead atoms. The van der Waals surface area contributed by atoms with E-state index in [1.165, 1.54) is 12.0 Å². The van der Waals surface area contributed by atoms with Gasteiger partial charge in [-0.1, -0.05) is 72.4 Å². The molecule has 322 valence electrons. The molecule has 1 aliphatic rings. The molecule has 3 rings (SSSR count). The minimum Gasteiger partial charge on any atom is -0.481 e. The zero-order valence-electron chi connectivity index (χ0n) is 35.9. The van der Waals surface area contributed by atoms with E-state index in [1.54, 1.807) is 19.2 Å². The Kier molecular flexibility index (Phi) is 19.4. The van der Waals surface area contributed by atoms with Crippen molar-refractivity contribution in [2.24, 2.45) is 22.2 Å². The topological polar surface area (TPSA) is 189 Å². The molecule has 3 amide bonds. The Balaban J connectivity index is 1.98. The number of unbranched alkanes of at least 4 members (excludes halogenated alkanes) is 2. The molecule has 14 nitrogen and oxygen atoms in total. The van der Waals surface area contributed by atoms with E-state index >= 15 is 0 Å². The van der Waals surface area contributed by atoms with E-state index in [9.17, 15) is 29.1 Å². The van der Waals surface area contributed by atoms with Gasteiger partial charge in [-0.25, -0.2) is 15.0 Å². The van der Waals surface area contributed by atoms with Crippen LogP contribution in [0.5, 0.6) is 0 Å². The number of carboxylic acid groups (broad SMARTS) is 1. The number of thiazole rings is 1. The number of piperidine rings is 1. The summed E-state index contributed by atoms with van der Waals surface area (Å²) in [5.74, 6) is -3.21. The number of amides is 3. The third kappa shape index (κ3) is 14.6. The van der Waals surface area contributed by atoms with Crippen LogP contribution in [0, 0.1) is 17.3 Å². The largest absolute Gasteiger partial charge is 0.481 e. The molecule has 1 aromatic heterocycles. The minimum absolute atomic E-state index is 0.0222. The highest BCUT2D eigenvalue weighted by Gasteiger charge is 2.39. The monoisotopic (exact) mass is 826 g/mol. The maximum absolute atomic E-state index is 14.7. The van der Waals surface area contributed by atoms with Crippen molar-refractivity contribution in [2.45, 2.75) is 144 Å². The van der Waals surface area contributed by atoms with Crippen molar-refractivity contribution in [3.8, 4) is 0 Å². The number of hydroxylamine groups is 2. The first kappa shape index (κ1) is 48.2. The number of aliphatic carboxylic acids is 1. The number of benzene rings is 1. The van der Waals surface area contributed by atoms with Gasteiger partial charge in [0.1, 0.15) is 16.7 Å². The summed E-state index contributed by atoms with van der Waals surface area (Å²) in [5.41, 5.74) is 0.990. The Morgan fingerprint density at radius 1 is 1.09 bits per heavy atom. The number of aliphatic imine (C=N–C) groups is 1. The molecule has 0 unspecified atom stereocenters. The minimum atomic E-state index is -1.19. The van der Waals surface area contributed by atoms with Gasteiger partial charge in [-0.2, -0.15) is 0 Å². The second-order valence-electron chi connectivity index (χ2n) is 16.3. The lowest BCUT2D eigenvalue weighted by Crippen LogP contribution is -2.58. The first-order chi connectivity index (χ1) is 27.5. The fraction of sp³-hybridized carbons (Fsp3) is 0.651. The predicted octanol–water partition coefficient (Wildman–Crippen LogP) is 7.15. The number of hydrogen-bond donors (Lipinski definition) is 4. The lowest BCUT2D eigenvalue weighted by molar-refractivity contribution is -0.213. The van der Waals surface area contributed by atoms with Crippen molar-refractivity contribution in [1.82, 2.24) is 20.7 Å². The second kappa shape index (κ2) is 23.4. The van der Waals surface area contributed by atoms with Crippen LogP contribution in [0.4, 0.5) is 5.69 Å². The van der Waals surface area contributed by atoms with Gasteiger partial charge in [0.25, 0.3) is 11.8 Å². The summed E-state index contributed by atoms with van der Waals surface area (Å²) in [6.45, 7) is 15.4. The molecule has 1 aromatic carbocycles. The van der Waals surface area contributed by atoms with Crippen LogP contribution in [0.3, 0.4) is 0 Å². The van der Waals surface area contributed by atoms with Crippen LogP contribution in [0.15, 0.2) is 34.6 Å². The lowest BCUT2D eigenvalue weighted by Gasteiger charge is -2.38. The van der Waals surface area contributed by atoms with E-state index in [-0.39, 0.29) is 61.3 Å². The molecule has 2 aromatic rings. The number of esters is 1. The maximum Gasteiger partial charge on any atom is 0.309 e. The third-order valence-corrected chi connectivity index (χ3v) is 11.5. The molecule has 4 N–H and O–H groups in total. The Labute approximate surface area is 348 Å². The Morgan fingerprint density at radius 2 is 1.79 bits per heavy atom. The molecule has 1 saturated heterocycles. The highest BCUT2D eigenvalue weighted by atomic mass is 32.1. The molecule has 0 spiro atoms. The van der Waals surface area contributed by atoms with Gasteiger partial charge in [0.2, 0.25) is 5.91 Å².